The molecule has 0 saturated heterocycles. The summed E-state index contributed by atoms with van der Waals surface area (Å²) in [5.74, 6) is 0. The van der Waals surface area contributed by atoms with E-state index in [1.807, 2.05) is 0 Å². The predicted octanol–water partition coefficient (Wildman–Crippen LogP) is 14.9. The highest BCUT2D eigenvalue weighted by molar-refractivity contribution is 6.32. The van der Waals surface area contributed by atoms with Crippen molar-refractivity contribution in [3.63, 3.8) is 0 Å². The molecule has 4 heterocycles. The number of hydrogen-bond donors (Lipinski definition) is 0. The fourth-order valence-electron chi connectivity index (χ4n) is 10.7. The van der Waals surface area contributed by atoms with Gasteiger partial charge < -0.3 is 8.80 Å². The standard InChI is InChI=1S/C54H36N2/c1-29-15-17-47-35(19-29)43-21-31(3)23-45-37-25-39-41(27-49(37)55(47)53(43)45)51(33-11-7-5-8-12-33)40-26-38-46-24-32(4)22-44-36-20-30(2)16-18-48(36)56(54(44)46)50(38)28-42(40)52(39)34-13-9-6-10-14-34/h5-28H,1-4H3. The second kappa shape index (κ2) is 10.4. The van der Waals surface area contributed by atoms with Crippen LogP contribution in [-0.4, -0.2) is 8.80 Å². The zero-order valence-electron chi connectivity index (χ0n) is 31.8. The van der Waals surface area contributed by atoms with Crippen LogP contribution in [0.1, 0.15) is 22.3 Å². The summed E-state index contributed by atoms with van der Waals surface area (Å²) in [4.78, 5) is 0. The Hall–Kier alpha value is -6.90. The summed E-state index contributed by atoms with van der Waals surface area (Å²) in [5.41, 5.74) is 17.9. The molecule has 0 aliphatic rings. The van der Waals surface area contributed by atoms with Gasteiger partial charge in [-0.05, 0) is 155 Å². The normalized spacial score (nSPS) is 12.6. The molecule has 0 amide bonds. The molecule has 0 radical (unpaired) electrons. The minimum absolute atomic E-state index is 1.24. The highest BCUT2D eigenvalue weighted by atomic mass is 14.9. The van der Waals surface area contributed by atoms with Crippen LogP contribution < -0.4 is 0 Å². The quantitative estimate of drug-likeness (QED) is 0.158. The molecule has 0 fully saturated rings. The minimum atomic E-state index is 1.24. The van der Waals surface area contributed by atoms with E-state index in [9.17, 15) is 0 Å². The first-order valence-corrected chi connectivity index (χ1v) is 19.8. The topological polar surface area (TPSA) is 8.82 Å². The van der Waals surface area contributed by atoms with E-state index in [0.29, 0.717) is 0 Å². The van der Waals surface area contributed by atoms with Crippen molar-refractivity contribution in [2.75, 3.05) is 0 Å². The van der Waals surface area contributed by atoms with Gasteiger partial charge in [0.25, 0.3) is 0 Å². The average molecular weight is 713 g/mol. The summed E-state index contributed by atoms with van der Waals surface area (Å²) in [7, 11) is 0. The monoisotopic (exact) mass is 712 g/mol. The van der Waals surface area contributed by atoms with Crippen molar-refractivity contribution in [3.8, 4) is 22.3 Å². The number of rotatable bonds is 2. The number of aryl methyl sites for hydroxylation is 4. The fourth-order valence-corrected chi connectivity index (χ4v) is 10.7. The lowest BCUT2D eigenvalue weighted by Gasteiger charge is -2.19. The number of fused-ring (bicyclic) bond motifs is 14. The Labute approximate surface area is 323 Å². The smallest absolute Gasteiger partial charge is 0.0620 e. The van der Waals surface area contributed by atoms with Gasteiger partial charge in [0.1, 0.15) is 0 Å². The Bertz CT molecular complexity index is 3570. The first-order chi connectivity index (χ1) is 27.4. The van der Waals surface area contributed by atoms with Crippen LogP contribution in [0, 0.1) is 27.7 Å². The van der Waals surface area contributed by atoms with E-state index < -0.39 is 0 Å². The number of benzene rings is 9. The fraction of sp³-hybridized carbons (Fsp3) is 0.0741. The first kappa shape index (κ1) is 30.4. The van der Waals surface area contributed by atoms with E-state index in [1.54, 1.807) is 0 Å². The Morgan fingerprint density at radius 1 is 0.268 bits per heavy atom. The summed E-state index contributed by atoms with van der Waals surface area (Å²) < 4.78 is 5.09. The average Bonchev–Trinajstić information content (AvgIpc) is 3.91. The zero-order chi connectivity index (χ0) is 37.1. The van der Waals surface area contributed by atoms with Crippen LogP contribution in [0.3, 0.4) is 0 Å². The van der Waals surface area contributed by atoms with Crippen molar-refractivity contribution in [1.29, 1.82) is 0 Å². The highest BCUT2D eigenvalue weighted by Crippen LogP contribution is 2.50. The molecule has 56 heavy (non-hydrogen) atoms. The van der Waals surface area contributed by atoms with Crippen LogP contribution in [0.2, 0.25) is 0 Å². The number of aromatic nitrogens is 2. The molecule has 0 aliphatic carbocycles. The molecule has 2 nitrogen and oxygen atoms in total. The Kier molecular flexibility index (Phi) is 5.67. The van der Waals surface area contributed by atoms with Crippen molar-refractivity contribution in [3.05, 3.63) is 168 Å². The molecule has 2 heteroatoms. The Morgan fingerprint density at radius 2 is 0.607 bits per heavy atom. The van der Waals surface area contributed by atoms with E-state index >= 15 is 0 Å². The third-order valence-corrected chi connectivity index (χ3v) is 12.9. The lowest BCUT2D eigenvalue weighted by molar-refractivity contribution is 1.36. The molecular weight excluding hydrogens is 677 g/mol. The Balaban J connectivity index is 1.31. The summed E-state index contributed by atoms with van der Waals surface area (Å²) in [6.45, 7) is 8.89. The third kappa shape index (κ3) is 3.76. The molecule has 0 saturated carbocycles. The van der Waals surface area contributed by atoms with Gasteiger partial charge >= 0.3 is 0 Å². The van der Waals surface area contributed by atoms with Gasteiger partial charge in [0.2, 0.25) is 0 Å². The van der Waals surface area contributed by atoms with Crippen molar-refractivity contribution >= 4 is 97.7 Å². The summed E-state index contributed by atoms with van der Waals surface area (Å²) >= 11 is 0. The summed E-state index contributed by atoms with van der Waals surface area (Å²) in [5, 5.41) is 15.7. The third-order valence-electron chi connectivity index (χ3n) is 12.9. The maximum atomic E-state index is 2.54. The SMILES string of the molecule is Cc1ccc2c(c1)c1cc(C)cc3c4cc5c(-c6ccccc6)c6cc7c(cc6c(-c6ccccc6)c5cc4n2c13)c1cc(C)cc2c3cc(C)ccc3n7c21. The van der Waals surface area contributed by atoms with E-state index in [1.165, 1.54) is 142 Å². The van der Waals surface area contributed by atoms with E-state index in [-0.39, 0.29) is 0 Å². The molecule has 0 atom stereocenters. The van der Waals surface area contributed by atoms with Gasteiger partial charge in [-0.15, -0.1) is 0 Å². The van der Waals surface area contributed by atoms with Crippen LogP contribution >= 0.6 is 0 Å². The van der Waals surface area contributed by atoms with Crippen LogP contribution in [-0.2, 0) is 0 Å². The van der Waals surface area contributed by atoms with Gasteiger partial charge in [-0.2, -0.15) is 0 Å². The second-order valence-corrected chi connectivity index (χ2v) is 16.4. The maximum Gasteiger partial charge on any atom is 0.0620 e. The van der Waals surface area contributed by atoms with E-state index in [2.05, 4.69) is 182 Å². The molecule has 4 aromatic heterocycles. The minimum Gasteiger partial charge on any atom is -0.308 e. The Morgan fingerprint density at radius 3 is 1.00 bits per heavy atom. The lowest BCUT2D eigenvalue weighted by atomic mass is 9.84. The van der Waals surface area contributed by atoms with Gasteiger partial charge in [0, 0.05) is 43.1 Å². The number of hydrogen-bond acceptors (Lipinski definition) is 0. The molecule has 262 valence electrons. The molecule has 13 aromatic rings. The highest BCUT2D eigenvalue weighted by Gasteiger charge is 2.25. The van der Waals surface area contributed by atoms with Gasteiger partial charge in [0.05, 0.1) is 33.1 Å². The van der Waals surface area contributed by atoms with Crippen LogP contribution in [0.25, 0.3) is 120 Å². The largest absolute Gasteiger partial charge is 0.308 e. The molecule has 13 rings (SSSR count). The predicted molar refractivity (Wildman–Crippen MR) is 241 cm³/mol. The summed E-state index contributed by atoms with van der Waals surface area (Å²) in [6, 6.07) is 55.8. The maximum absolute atomic E-state index is 2.54. The van der Waals surface area contributed by atoms with E-state index in [4.69, 9.17) is 0 Å². The van der Waals surface area contributed by atoms with Gasteiger partial charge in [0.15, 0.2) is 0 Å². The van der Waals surface area contributed by atoms with Gasteiger partial charge in [-0.25, -0.2) is 0 Å². The molecule has 0 bridgehead atoms. The second-order valence-electron chi connectivity index (χ2n) is 16.4. The molecule has 9 aromatic carbocycles. The van der Waals surface area contributed by atoms with Gasteiger partial charge in [-0.1, -0.05) is 83.9 Å². The van der Waals surface area contributed by atoms with Crippen LogP contribution in [0.5, 0.6) is 0 Å². The first-order valence-electron chi connectivity index (χ1n) is 19.8. The molecular formula is C54H36N2. The van der Waals surface area contributed by atoms with Crippen molar-refractivity contribution in [2.45, 2.75) is 27.7 Å². The molecule has 0 unspecified atom stereocenters. The van der Waals surface area contributed by atoms with Crippen LogP contribution in [0.4, 0.5) is 0 Å². The van der Waals surface area contributed by atoms with E-state index in [0.717, 1.165) is 0 Å². The molecule has 0 spiro atoms. The molecule has 0 N–H and O–H groups in total. The van der Waals surface area contributed by atoms with Gasteiger partial charge in [-0.3, -0.25) is 0 Å². The van der Waals surface area contributed by atoms with Crippen molar-refractivity contribution < 1.29 is 0 Å². The van der Waals surface area contributed by atoms with Crippen molar-refractivity contribution in [1.82, 2.24) is 8.80 Å². The lowest BCUT2D eigenvalue weighted by Crippen LogP contribution is -1.93. The molecule has 0 aliphatic heterocycles. The number of nitrogens with zero attached hydrogens (tertiary/aromatic N) is 2. The summed E-state index contributed by atoms with van der Waals surface area (Å²) in [6.07, 6.45) is 0. The van der Waals surface area contributed by atoms with Crippen molar-refractivity contribution in [2.24, 2.45) is 0 Å². The zero-order valence-corrected chi connectivity index (χ0v) is 31.8. The van der Waals surface area contributed by atoms with Crippen LogP contribution in [0.15, 0.2) is 146 Å².